The molecule has 0 saturated carbocycles. The van der Waals surface area contributed by atoms with E-state index >= 15 is 0 Å². The van der Waals surface area contributed by atoms with E-state index < -0.39 is 0 Å². The van der Waals surface area contributed by atoms with Gasteiger partial charge in [0.2, 0.25) is 0 Å². The molecule has 0 heterocycles. The lowest BCUT2D eigenvalue weighted by Gasteiger charge is -2.02. The quantitative estimate of drug-likeness (QED) is 0.435. The summed E-state index contributed by atoms with van der Waals surface area (Å²) in [6.07, 6.45) is 2.27. The number of aliphatic imine (C=N–C) groups is 1. The van der Waals surface area contributed by atoms with Crippen LogP contribution >= 0.6 is 0 Å². The Morgan fingerprint density at radius 1 is 1.25 bits per heavy atom. The zero-order valence-electron chi connectivity index (χ0n) is 9.86. The van der Waals surface area contributed by atoms with Crippen molar-refractivity contribution in [2.45, 2.75) is 19.8 Å². The summed E-state index contributed by atoms with van der Waals surface area (Å²) >= 11 is 0. The third-order valence-electron chi connectivity index (χ3n) is 2.23. The highest BCUT2D eigenvalue weighted by molar-refractivity contribution is 5.97. The zero-order valence-corrected chi connectivity index (χ0v) is 9.86. The van der Waals surface area contributed by atoms with E-state index in [-0.39, 0.29) is 0 Å². The molecule has 0 atom stereocenters. The second kappa shape index (κ2) is 7.88. The number of nitrogens with two attached hydrogens (primary N) is 1. The minimum atomic E-state index is 0.583. The minimum absolute atomic E-state index is 0.583. The van der Waals surface area contributed by atoms with Crippen LogP contribution < -0.4 is 5.73 Å². The first kappa shape index (κ1) is 12.7. The van der Waals surface area contributed by atoms with Crippen LogP contribution in [0.1, 0.15) is 25.3 Å². The van der Waals surface area contributed by atoms with E-state index in [1.807, 2.05) is 30.3 Å². The Labute approximate surface area is 97.3 Å². The van der Waals surface area contributed by atoms with Crippen molar-refractivity contribution in [3.05, 3.63) is 35.9 Å². The van der Waals surface area contributed by atoms with Crippen LogP contribution in [0.15, 0.2) is 35.3 Å². The van der Waals surface area contributed by atoms with Gasteiger partial charge in [0.05, 0.1) is 13.2 Å². The van der Waals surface area contributed by atoms with Crippen molar-refractivity contribution < 1.29 is 4.74 Å². The normalized spacial score (nSPS) is 11.7. The molecule has 16 heavy (non-hydrogen) atoms. The number of nitrogens with zero attached hydrogens (tertiary/aromatic N) is 1. The topological polar surface area (TPSA) is 47.6 Å². The fourth-order valence-electron chi connectivity index (χ4n) is 1.28. The van der Waals surface area contributed by atoms with Crippen LogP contribution in [0.25, 0.3) is 0 Å². The molecular formula is C13H20N2O. The maximum absolute atomic E-state index is 5.83. The maximum Gasteiger partial charge on any atom is 0.125 e. The van der Waals surface area contributed by atoms with Crippen LogP contribution in [0.2, 0.25) is 0 Å². The molecule has 1 aromatic rings. The van der Waals surface area contributed by atoms with Gasteiger partial charge in [0.15, 0.2) is 0 Å². The predicted molar refractivity (Wildman–Crippen MR) is 67.8 cm³/mol. The van der Waals surface area contributed by atoms with Crippen LogP contribution in [0, 0.1) is 0 Å². The molecule has 0 saturated heterocycles. The molecular weight excluding hydrogens is 200 g/mol. The second-order valence-corrected chi connectivity index (χ2v) is 3.60. The summed E-state index contributed by atoms with van der Waals surface area (Å²) in [5.74, 6) is 0.583. The molecule has 0 aliphatic heterocycles. The van der Waals surface area contributed by atoms with Crippen molar-refractivity contribution in [1.29, 1.82) is 0 Å². The van der Waals surface area contributed by atoms with Crippen molar-refractivity contribution in [1.82, 2.24) is 0 Å². The first-order valence-corrected chi connectivity index (χ1v) is 5.77. The minimum Gasteiger partial charge on any atom is -0.384 e. The monoisotopic (exact) mass is 220 g/mol. The zero-order chi connectivity index (χ0) is 11.6. The van der Waals surface area contributed by atoms with E-state index in [0.29, 0.717) is 19.0 Å². The first-order chi connectivity index (χ1) is 7.84. The Bertz CT molecular complexity index is 309. The van der Waals surface area contributed by atoms with Crippen molar-refractivity contribution in [3.8, 4) is 0 Å². The number of ether oxygens (including phenoxy) is 1. The summed E-state index contributed by atoms with van der Waals surface area (Å²) in [5.41, 5.74) is 6.80. The second-order valence-electron chi connectivity index (χ2n) is 3.60. The standard InChI is InChI=1S/C13H20N2O/c1-2-3-10-16-11-9-15-13(14)12-7-5-4-6-8-12/h4-8H,2-3,9-11H2,1H3,(H2,14,15). The molecule has 0 amide bonds. The number of benzene rings is 1. The van der Waals surface area contributed by atoms with Crippen molar-refractivity contribution in [2.75, 3.05) is 19.8 Å². The molecule has 2 N–H and O–H groups in total. The fraction of sp³-hybridized carbons (Fsp3) is 0.462. The summed E-state index contributed by atoms with van der Waals surface area (Å²) < 4.78 is 5.40. The molecule has 0 radical (unpaired) electrons. The predicted octanol–water partition coefficient (Wildman–Crippen LogP) is 2.21. The van der Waals surface area contributed by atoms with Crippen LogP contribution in [0.4, 0.5) is 0 Å². The van der Waals surface area contributed by atoms with Gasteiger partial charge in [-0.3, -0.25) is 4.99 Å². The van der Waals surface area contributed by atoms with E-state index in [1.165, 1.54) is 0 Å². The average molecular weight is 220 g/mol. The van der Waals surface area contributed by atoms with Crippen LogP contribution in [0.5, 0.6) is 0 Å². The van der Waals surface area contributed by atoms with Gasteiger partial charge >= 0.3 is 0 Å². The summed E-state index contributed by atoms with van der Waals surface area (Å²) in [4.78, 5) is 4.26. The average Bonchev–Trinajstić information content (AvgIpc) is 2.34. The summed E-state index contributed by atoms with van der Waals surface area (Å²) in [7, 11) is 0. The molecule has 3 heteroatoms. The Morgan fingerprint density at radius 3 is 2.69 bits per heavy atom. The maximum atomic E-state index is 5.83. The molecule has 1 aromatic carbocycles. The van der Waals surface area contributed by atoms with Gasteiger partial charge in [-0.2, -0.15) is 0 Å². The lowest BCUT2D eigenvalue weighted by atomic mass is 10.2. The number of rotatable bonds is 7. The van der Waals surface area contributed by atoms with Gasteiger partial charge in [0.25, 0.3) is 0 Å². The molecule has 0 unspecified atom stereocenters. The Hall–Kier alpha value is -1.35. The largest absolute Gasteiger partial charge is 0.384 e. The molecule has 0 fully saturated rings. The first-order valence-electron chi connectivity index (χ1n) is 5.77. The van der Waals surface area contributed by atoms with Crippen LogP contribution in [-0.4, -0.2) is 25.6 Å². The highest BCUT2D eigenvalue weighted by Crippen LogP contribution is 1.97. The molecule has 1 rings (SSSR count). The SMILES string of the molecule is CCCCOCCN=C(N)c1ccccc1. The van der Waals surface area contributed by atoms with E-state index in [0.717, 1.165) is 25.0 Å². The van der Waals surface area contributed by atoms with Gasteiger partial charge < -0.3 is 10.5 Å². The molecule has 88 valence electrons. The number of hydrogen-bond donors (Lipinski definition) is 1. The van der Waals surface area contributed by atoms with Gasteiger partial charge in [-0.1, -0.05) is 43.7 Å². The van der Waals surface area contributed by atoms with Gasteiger partial charge in [-0.15, -0.1) is 0 Å². The smallest absolute Gasteiger partial charge is 0.125 e. The van der Waals surface area contributed by atoms with Crippen LogP contribution in [0.3, 0.4) is 0 Å². The lowest BCUT2D eigenvalue weighted by molar-refractivity contribution is 0.139. The summed E-state index contributed by atoms with van der Waals surface area (Å²) in [6.45, 7) is 4.24. The van der Waals surface area contributed by atoms with E-state index in [2.05, 4.69) is 11.9 Å². The van der Waals surface area contributed by atoms with Gasteiger partial charge in [-0.25, -0.2) is 0 Å². The third-order valence-corrected chi connectivity index (χ3v) is 2.23. The van der Waals surface area contributed by atoms with Gasteiger partial charge in [0.1, 0.15) is 5.84 Å². The molecule has 0 aliphatic carbocycles. The number of hydrogen-bond acceptors (Lipinski definition) is 2. The van der Waals surface area contributed by atoms with Crippen LogP contribution in [-0.2, 0) is 4.74 Å². The Morgan fingerprint density at radius 2 is 2.00 bits per heavy atom. The van der Waals surface area contributed by atoms with Gasteiger partial charge in [0, 0.05) is 12.2 Å². The Kier molecular flexibility index (Phi) is 6.26. The van der Waals surface area contributed by atoms with Crippen molar-refractivity contribution in [3.63, 3.8) is 0 Å². The van der Waals surface area contributed by atoms with E-state index in [9.17, 15) is 0 Å². The van der Waals surface area contributed by atoms with Gasteiger partial charge in [-0.05, 0) is 6.42 Å². The Balaban J connectivity index is 2.24. The molecule has 3 nitrogen and oxygen atoms in total. The molecule has 0 aromatic heterocycles. The number of unbranched alkanes of at least 4 members (excludes halogenated alkanes) is 1. The summed E-state index contributed by atoms with van der Waals surface area (Å²) in [6, 6.07) is 9.78. The van der Waals surface area contributed by atoms with Crippen molar-refractivity contribution >= 4 is 5.84 Å². The summed E-state index contributed by atoms with van der Waals surface area (Å²) in [5, 5.41) is 0. The molecule has 0 spiro atoms. The fourth-order valence-corrected chi connectivity index (χ4v) is 1.28. The van der Waals surface area contributed by atoms with Crippen molar-refractivity contribution in [2.24, 2.45) is 10.7 Å². The highest BCUT2D eigenvalue weighted by atomic mass is 16.5. The lowest BCUT2D eigenvalue weighted by Crippen LogP contribution is -2.14. The number of amidine groups is 1. The highest BCUT2D eigenvalue weighted by Gasteiger charge is 1.95. The molecule has 0 bridgehead atoms. The van der Waals surface area contributed by atoms with E-state index in [4.69, 9.17) is 10.5 Å². The molecule has 0 aliphatic rings. The third kappa shape index (κ3) is 4.94. The van der Waals surface area contributed by atoms with E-state index in [1.54, 1.807) is 0 Å².